The molecule has 2 aromatic carbocycles. The molecular formula is C21H21FO3. The van der Waals surface area contributed by atoms with Crippen LogP contribution in [-0.2, 0) is 11.4 Å². The van der Waals surface area contributed by atoms with E-state index in [1.807, 2.05) is 18.2 Å². The number of ketones is 2. The standard InChI is InChI=1S/C21H21FO3/c1-14(23)2-10-20(24)19-12-17(16-5-6-16)7-11-21(19)25-13-15-3-8-18(22)9-4-15/h3-4,7-9,11-12,16H,2,5-6,10,13H2,1H3. The van der Waals surface area contributed by atoms with Crippen molar-refractivity contribution in [1.82, 2.24) is 0 Å². The summed E-state index contributed by atoms with van der Waals surface area (Å²) in [6.07, 6.45) is 2.73. The molecule has 130 valence electrons. The molecule has 25 heavy (non-hydrogen) atoms. The molecule has 0 radical (unpaired) electrons. The molecule has 1 saturated carbocycles. The van der Waals surface area contributed by atoms with Gasteiger partial charge in [0, 0.05) is 12.8 Å². The van der Waals surface area contributed by atoms with E-state index in [0.29, 0.717) is 17.2 Å². The van der Waals surface area contributed by atoms with Crippen LogP contribution in [0.2, 0.25) is 0 Å². The summed E-state index contributed by atoms with van der Waals surface area (Å²) in [6.45, 7) is 1.75. The van der Waals surface area contributed by atoms with Crippen LogP contribution in [0, 0.1) is 5.82 Å². The minimum absolute atomic E-state index is 0.000443. The Kier molecular flexibility index (Phi) is 5.27. The molecule has 3 rings (SSSR count). The number of hydrogen-bond donors (Lipinski definition) is 0. The molecule has 0 aliphatic heterocycles. The fraction of sp³-hybridized carbons (Fsp3) is 0.333. The van der Waals surface area contributed by atoms with Crippen LogP contribution in [0.3, 0.4) is 0 Å². The van der Waals surface area contributed by atoms with Crippen LogP contribution < -0.4 is 4.74 Å². The van der Waals surface area contributed by atoms with Crippen LogP contribution in [-0.4, -0.2) is 11.6 Å². The molecule has 1 aliphatic rings. The van der Waals surface area contributed by atoms with Crippen LogP contribution >= 0.6 is 0 Å². The second kappa shape index (κ2) is 7.60. The molecule has 2 aromatic rings. The molecule has 4 heteroatoms. The fourth-order valence-corrected chi connectivity index (χ4v) is 2.73. The van der Waals surface area contributed by atoms with E-state index in [0.717, 1.165) is 24.0 Å². The average molecular weight is 340 g/mol. The van der Waals surface area contributed by atoms with Gasteiger partial charge in [-0.3, -0.25) is 4.79 Å². The van der Waals surface area contributed by atoms with Crippen molar-refractivity contribution in [2.45, 2.75) is 45.1 Å². The summed E-state index contributed by atoms with van der Waals surface area (Å²) < 4.78 is 18.8. The summed E-state index contributed by atoms with van der Waals surface area (Å²) in [4.78, 5) is 23.7. The Morgan fingerprint density at radius 1 is 1.08 bits per heavy atom. The molecule has 0 spiro atoms. The van der Waals surface area contributed by atoms with Crippen molar-refractivity contribution in [2.24, 2.45) is 0 Å². The summed E-state index contributed by atoms with van der Waals surface area (Å²) >= 11 is 0. The van der Waals surface area contributed by atoms with Crippen molar-refractivity contribution in [2.75, 3.05) is 0 Å². The smallest absolute Gasteiger partial charge is 0.167 e. The number of ether oxygens (including phenoxy) is 1. The zero-order chi connectivity index (χ0) is 17.8. The van der Waals surface area contributed by atoms with E-state index in [-0.39, 0.29) is 36.8 Å². The van der Waals surface area contributed by atoms with E-state index in [4.69, 9.17) is 4.74 Å². The number of benzene rings is 2. The van der Waals surface area contributed by atoms with Gasteiger partial charge in [0.15, 0.2) is 5.78 Å². The highest BCUT2D eigenvalue weighted by Gasteiger charge is 2.25. The van der Waals surface area contributed by atoms with Gasteiger partial charge in [-0.1, -0.05) is 18.2 Å². The number of Topliss-reactive ketones (excluding diaryl/α,β-unsaturated/α-hetero) is 2. The van der Waals surface area contributed by atoms with E-state index in [1.165, 1.54) is 19.1 Å². The van der Waals surface area contributed by atoms with Crippen LogP contribution in [0.1, 0.15) is 60.0 Å². The largest absolute Gasteiger partial charge is 0.488 e. The molecule has 0 amide bonds. The second-order valence-electron chi connectivity index (χ2n) is 6.57. The van der Waals surface area contributed by atoms with Crippen molar-refractivity contribution in [3.63, 3.8) is 0 Å². The highest BCUT2D eigenvalue weighted by atomic mass is 19.1. The van der Waals surface area contributed by atoms with E-state index in [1.54, 1.807) is 12.1 Å². The SMILES string of the molecule is CC(=O)CCC(=O)c1cc(C2CC2)ccc1OCc1ccc(F)cc1. The predicted octanol–water partition coefficient (Wildman–Crippen LogP) is 4.83. The lowest BCUT2D eigenvalue weighted by Crippen LogP contribution is -2.07. The van der Waals surface area contributed by atoms with Gasteiger partial charge in [-0.05, 0) is 61.1 Å². The normalized spacial score (nSPS) is 13.5. The van der Waals surface area contributed by atoms with Crippen molar-refractivity contribution >= 4 is 11.6 Å². The van der Waals surface area contributed by atoms with Crippen molar-refractivity contribution in [1.29, 1.82) is 0 Å². The lowest BCUT2D eigenvalue weighted by Gasteiger charge is -2.13. The minimum Gasteiger partial charge on any atom is -0.488 e. The van der Waals surface area contributed by atoms with Crippen LogP contribution in [0.4, 0.5) is 4.39 Å². The number of carbonyl (C=O) groups excluding carboxylic acids is 2. The molecule has 1 fully saturated rings. The maximum atomic E-state index is 13.0. The van der Waals surface area contributed by atoms with E-state index in [9.17, 15) is 14.0 Å². The monoisotopic (exact) mass is 340 g/mol. The molecule has 0 bridgehead atoms. The lowest BCUT2D eigenvalue weighted by atomic mass is 10.00. The maximum absolute atomic E-state index is 13.0. The van der Waals surface area contributed by atoms with E-state index >= 15 is 0 Å². The second-order valence-corrected chi connectivity index (χ2v) is 6.57. The fourth-order valence-electron chi connectivity index (χ4n) is 2.73. The zero-order valence-corrected chi connectivity index (χ0v) is 14.3. The minimum atomic E-state index is -0.294. The van der Waals surface area contributed by atoms with Gasteiger partial charge in [0.05, 0.1) is 5.56 Å². The first kappa shape index (κ1) is 17.3. The third kappa shape index (κ3) is 4.75. The van der Waals surface area contributed by atoms with Crippen LogP contribution in [0.15, 0.2) is 42.5 Å². The van der Waals surface area contributed by atoms with Gasteiger partial charge in [0.25, 0.3) is 0 Å². The summed E-state index contributed by atoms with van der Waals surface area (Å²) in [5, 5.41) is 0. The Morgan fingerprint density at radius 3 is 2.44 bits per heavy atom. The Balaban J connectivity index is 1.77. The highest BCUT2D eigenvalue weighted by Crippen LogP contribution is 2.41. The summed E-state index contributed by atoms with van der Waals surface area (Å²) in [5.74, 6) is 0.678. The van der Waals surface area contributed by atoms with E-state index < -0.39 is 0 Å². The number of rotatable bonds is 8. The third-order valence-electron chi connectivity index (χ3n) is 4.36. The van der Waals surface area contributed by atoms with Gasteiger partial charge >= 0.3 is 0 Å². The molecule has 1 aliphatic carbocycles. The number of carbonyl (C=O) groups is 2. The summed E-state index contributed by atoms with van der Waals surface area (Å²) in [6, 6.07) is 11.8. The lowest BCUT2D eigenvalue weighted by molar-refractivity contribution is -0.116. The zero-order valence-electron chi connectivity index (χ0n) is 14.3. The van der Waals surface area contributed by atoms with E-state index in [2.05, 4.69) is 0 Å². The summed E-state index contributed by atoms with van der Waals surface area (Å²) in [5.41, 5.74) is 2.52. The Hall–Kier alpha value is -2.49. The molecule has 0 unspecified atom stereocenters. The predicted molar refractivity (Wildman–Crippen MR) is 93.4 cm³/mol. The first-order valence-corrected chi connectivity index (χ1v) is 8.57. The van der Waals surface area contributed by atoms with Gasteiger partial charge in [0.2, 0.25) is 0 Å². The number of halogens is 1. The molecule has 3 nitrogen and oxygen atoms in total. The van der Waals surface area contributed by atoms with Crippen molar-refractivity contribution in [3.8, 4) is 5.75 Å². The first-order valence-electron chi connectivity index (χ1n) is 8.57. The molecule has 0 heterocycles. The first-order chi connectivity index (χ1) is 12.0. The van der Waals surface area contributed by atoms with Gasteiger partial charge < -0.3 is 9.53 Å². The Bertz CT molecular complexity index is 776. The van der Waals surface area contributed by atoms with Gasteiger partial charge in [-0.25, -0.2) is 4.39 Å². The molecule has 0 N–H and O–H groups in total. The molecule has 0 saturated heterocycles. The Morgan fingerprint density at radius 2 is 1.80 bits per heavy atom. The Labute approximate surface area is 146 Å². The molecule has 0 aromatic heterocycles. The van der Waals surface area contributed by atoms with Crippen molar-refractivity contribution in [3.05, 3.63) is 65.0 Å². The molecule has 0 atom stereocenters. The third-order valence-corrected chi connectivity index (χ3v) is 4.36. The van der Waals surface area contributed by atoms with Crippen molar-refractivity contribution < 1.29 is 18.7 Å². The number of hydrogen-bond acceptors (Lipinski definition) is 3. The van der Waals surface area contributed by atoms with Gasteiger partial charge in [0.1, 0.15) is 24.0 Å². The maximum Gasteiger partial charge on any atom is 0.167 e. The summed E-state index contributed by atoms with van der Waals surface area (Å²) in [7, 11) is 0. The quantitative estimate of drug-likeness (QED) is 0.646. The molecular weight excluding hydrogens is 319 g/mol. The highest BCUT2D eigenvalue weighted by molar-refractivity contribution is 6.00. The average Bonchev–Trinajstić information content (AvgIpc) is 3.44. The topological polar surface area (TPSA) is 43.4 Å². The van der Waals surface area contributed by atoms with Gasteiger partial charge in [-0.2, -0.15) is 0 Å². The van der Waals surface area contributed by atoms with Crippen LogP contribution in [0.25, 0.3) is 0 Å². The van der Waals surface area contributed by atoms with Gasteiger partial charge in [-0.15, -0.1) is 0 Å². The van der Waals surface area contributed by atoms with Crippen LogP contribution in [0.5, 0.6) is 5.75 Å².